The molecule has 7 heteroatoms. The molecular weight excluding hydrogens is 376 g/mol. The summed E-state index contributed by atoms with van der Waals surface area (Å²) in [7, 11) is 0. The number of benzene rings is 1. The maximum atomic E-state index is 12.0. The highest BCUT2D eigenvalue weighted by Crippen LogP contribution is 2.10. The van der Waals surface area contributed by atoms with Crippen molar-refractivity contribution in [1.82, 2.24) is 10.6 Å². The molecule has 1 rings (SSSR count). The maximum Gasteiger partial charge on any atom is 0.328 e. The summed E-state index contributed by atoms with van der Waals surface area (Å²) in [6.07, 6.45) is 1.63. The summed E-state index contributed by atoms with van der Waals surface area (Å²) in [6.45, 7) is 5.10. The molecule has 2 N–H and O–H groups in total. The van der Waals surface area contributed by atoms with Crippen molar-refractivity contribution in [1.29, 1.82) is 0 Å². The van der Waals surface area contributed by atoms with E-state index in [2.05, 4.69) is 26.6 Å². The SMILES string of the molecule is CCC(CC)NC(=O)COC(=O)[C@H](C)NC(=O)c1ccc(Br)cc1. The Hall–Kier alpha value is -1.89. The number of rotatable bonds is 8. The Kier molecular flexibility index (Phi) is 8.46. The van der Waals surface area contributed by atoms with Crippen LogP contribution >= 0.6 is 15.9 Å². The van der Waals surface area contributed by atoms with Crippen molar-refractivity contribution in [3.8, 4) is 0 Å². The van der Waals surface area contributed by atoms with Crippen LogP contribution in [0.3, 0.4) is 0 Å². The van der Waals surface area contributed by atoms with Gasteiger partial charge in [0.25, 0.3) is 11.8 Å². The molecule has 0 saturated heterocycles. The standard InChI is InChI=1S/C17H23BrN2O4/c1-4-14(5-2)20-15(21)10-24-17(23)11(3)19-16(22)12-6-8-13(18)9-7-12/h6-9,11,14H,4-5,10H2,1-3H3,(H,19,22)(H,20,21)/t11-/m0/s1. The molecule has 0 bridgehead atoms. The van der Waals surface area contributed by atoms with Gasteiger partial charge in [0.1, 0.15) is 6.04 Å². The number of hydrogen-bond donors (Lipinski definition) is 2. The minimum atomic E-state index is -0.845. The van der Waals surface area contributed by atoms with Crippen molar-refractivity contribution in [3.63, 3.8) is 0 Å². The number of carbonyl (C=O) groups is 3. The molecule has 0 heterocycles. The molecule has 0 aliphatic carbocycles. The van der Waals surface area contributed by atoms with Gasteiger partial charge in [0.15, 0.2) is 6.61 Å². The van der Waals surface area contributed by atoms with E-state index in [0.29, 0.717) is 5.56 Å². The lowest BCUT2D eigenvalue weighted by Crippen LogP contribution is -2.42. The molecule has 1 aromatic carbocycles. The Morgan fingerprint density at radius 1 is 1.08 bits per heavy atom. The number of ether oxygens (including phenoxy) is 1. The summed E-state index contributed by atoms with van der Waals surface area (Å²) in [5.41, 5.74) is 0.435. The molecule has 132 valence electrons. The number of carbonyl (C=O) groups excluding carboxylic acids is 3. The van der Waals surface area contributed by atoms with E-state index in [1.807, 2.05) is 13.8 Å². The molecule has 6 nitrogen and oxygen atoms in total. The van der Waals surface area contributed by atoms with Crippen LogP contribution in [0.2, 0.25) is 0 Å². The number of hydrogen-bond acceptors (Lipinski definition) is 4. The first kappa shape index (κ1) is 20.2. The Bertz CT molecular complexity index is 570. The monoisotopic (exact) mass is 398 g/mol. The Balaban J connectivity index is 2.43. The van der Waals surface area contributed by atoms with Gasteiger partial charge in [-0.15, -0.1) is 0 Å². The van der Waals surface area contributed by atoms with E-state index < -0.39 is 12.0 Å². The van der Waals surface area contributed by atoms with E-state index >= 15 is 0 Å². The largest absolute Gasteiger partial charge is 0.454 e. The van der Waals surface area contributed by atoms with Crippen LogP contribution in [0.5, 0.6) is 0 Å². The van der Waals surface area contributed by atoms with Crippen LogP contribution in [0, 0.1) is 0 Å². The van der Waals surface area contributed by atoms with Crippen LogP contribution in [0.15, 0.2) is 28.7 Å². The van der Waals surface area contributed by atoms with Gasteiger partial charge in [0.2, 0.25) is 0 Å². The van der Waals surface area contributed by atoms with E-state index in [1.165, 1.54) is 6.92 Å². The third-order valence-corrected chi connectivity index (χ3v) is 4.03. The second-order valence-corrected chi connectivity index (χ2v) is 6.31. The molecule has 0 aliphatic heterocycles. The number of esters is 1. The van der Waals surface area contributed by atoms with Crippen molar-refractivity contribution >= 4 is 33.7 Å². The van der Waals surface area contributed by atoms with E-state index in [1.54, 1.807) is 24.3 Å². The molecule has 0 spiro atoms. The third kappa shape index (κ3) is 6.70. The first-order chi connectivity index (χ1) is 11.4. The minimum Gasteiger partial charge on any atom is -0.454 e. The molecular formula is C17H23BrN2O4. The van der Waals surface area contributed by atoms with Gasteiger partial charge in [-0.25, -0.2) is 4.79 Å². The zero-order valence-electron chi connectivity index (χ0n) is 14.1. The zero-order valence-corrected chi connectivity index (χ0v) is 15.7. The summed E-state index contributed by atoms with van der Waals surface area (Å²) in [4.78, 5) is 35.6. The summed E-state index contributed by atoms with van der Waals surface area (Å²) in [6, 6.07) is 5.98. The van der Waals surface area contributed by atoms with Gasteiger partial charge in [-0.05, 0) is 44.0 Å². The van der Waals surface area contributed by atoms with Gasteiger partial charge in [-0.3, -0.25) is 9.59 Å². The second-order valence-electron chi connectivity index (χ2n) is 5.39. The highest BCUT2D eigenvalue weighted by Gasteiger charge is 2.19. The molecule has 24 heavy (non-hydrogen) atoms. The smallest absolute Gasteiger partial charge is 0.328 e. The topological polar surface area (TPSA) is 84.5 Å². The molecule has 1 aromatic rings. The van der Waals surface area contributed by atoms with E-state index in [0.717, 1.165) is 17.3 Å². The highest BCUT2D eigenvalue weighted by atomic mass is 79.9. The number of nitrogens with one attached hydrogen (secondary N) is 2. The Morgan fingerprint density at radius 3 is 2.21 bits per heavy atom. The molecule has 1 atom stereocenters. The van der Waals surface area contributed by atoms with Crippen molar-refractivity contribution in [2.24, 2.45) is 0 Å². The van der Waals surface area contributed by atoms with Crippen molar-refractivity contribution in [3.05, 3.63) is 34.3 Å². The van der Waals surface area contributed by atoms with Gasteiger partial charge < -0.3 is 15.4 Å². The minimum absolute atomic E-state index is 0.0748. The van der Waals surface area contributed by atoms with Gasteiger partial charge in [-0.1, -0.05) is 29.8 Å². The predicted octanol–water partition coefficient (Wildman–Crippen LogP) is 2.42. The van der Waals surface area contributed by atoms with E-state index in [9.17, 15) is 14.4 Å². The Morgan fingerprint density at radius 2 is 1.67 bits per heavy atom. The van der Waals surface area contributed by atoms with E-state index in [-0.39, 0.29) is 24.5 Å². The maximum absolute atomic E-state index is 12.0. The summed E-state index contributed by atoms with van der Waals surface area (Å²) in [5, 5.41) is 5.32. The van der Waals surface area contributed by atoms with Crippen LogP contribution in [0.25, 0.3) is 0 Å². The summed E-state index contributed by atoms with van der Waals surface area (Å²) in [5.74, 6) is -1.38. The molecule has 0 saturated carbocycles. The average Bonchev–Trinajstić information content (AvgIpc) is 2.57. The van der Waals surface area contributed by atoms with Crippen LogP contribution in [-0.2, 0) is 14.3 Å². The first-order valence-corrected chi connectivity index (χ1v) is 8.69. The fourth-order valence-corrected chi connectivity index (χ4v) is 2.23. The lowest BCUT2D eigenvalue weighted by atomic mass is 10.2. The van der Waals surface area contributed by atoms with Gasteiger partial charge in [0, 0.05) is 16.1 Å². The molecule has 2 amide bonds. The predicted molar refractivity (Wildman–Crippen MR) is 94.5 cm³/mol. The fourth-order valence-electron chi connectivity index (χ4n) is 1.96. The summed E-state index contributed by atoms with van der Waals surface area (Å²) >= 11 is 3.29. The fraction of sp³-hybridized carbons (Fsp3) is 0.471. The first-order valence-electron chi connectivity index (χ1n) is 7.89. The van der Waals surface area contributed by atoms with Crippen molar-refractivity contribution in [2.75, 3.05) is 6.61 Å². The number of halogens is 1. The molecule has 0 fully saturated rings. The van der Waals surface area contributed by atoms with Crippen molar-refractivity contribution in [2.45, 2.75) is 45.7 Å². The lowest BCUT2D eigenvalue weighted by molar-refractivity contribution is -0.150. The Labute approximate surface area is 150 Å². The molecule has 0 aromatic heterocycles. The summed E-state index contributed by atoms with van der Waals surface area (Å²) < 4.78 is 5.79. The highest BCUT2D eigenvalue weighted by molar-refractivity contribution is 9.10. The molecule has 0 radical (unpaired) electrons. The zero-order chi connectivity index (χ0) is 18.1. The number of amides is 2. The molecule has 0 aliphatic rings. The van der Waals surface area contributed by atoms with Crippen molar-refractivity contribution < 1.29 is 19.1 Å². The van der Waals surface area contributed by atoms with Gasteiger partial charge in [0.05, 0.1) is 0 Å². The van der Waals surface area contributed by atoms with Crippen LogP contribution < -0.4 is 10.6 Å². The van der Waals surface area contributed by atoms with Gasteiger partial charge >= 0.3 is 5.97 Å². The molecule has 0 unspecified atom stereocenters. The quantitative estimate of drug-likeness (QED) is 0.658. The second kappa shape index (κ2) is 10.1. The van der Waals surface area contributed by atoms with Crippen LogP contribution in [0.1, 0.15) is 44.0 Å². The normalized spacial score (nSPS) is 11.7. The van der Waals surface area contributed by atoms with E-state index in [4.69, 9.17) is 4.74 Å². The van der Waals surface area contributed by atoms with Crippen LogP contribution in [0.4, 0.5) is 0 Å². The van der Waals surface area contributed by atoms with Crippen LogP contribution in [-0.4, -0.2) is 36.5 Å². The lowest BCUT2D eigenvalue weighted by Gasteiger charge is -2.16. The third-order valence-electron chi connectivity index (χ3n) is 3.50. The average molecular weight is 399 g/mol. The van der Waals surface area contributed by atoms with Gasteiger partial charge in [-0.2, -0.15) is 0 Å².